The molecule has 0 saturated carbocycles. The van der Waals surface area contributed by atoms with Crippen LogP contribution in [0.1, 0.15) is 17.2 Å². The molecule has 0 aliphatic heterocycles. The van der Waals surface area contributed by atoms with Crippen LogP contribution in [-0.2, 0) is 17.5 Å². The number of alkyl halides is 3. The minimum absolute atomic E-state index is 0.0445. The lowest BCUT2D eigenvalue weighted by molar-refractivity contribution is -0.890. The van der Waals surface area contributed by atoms with Crippen LogP contribution in [0.25, 0.3) is 0 Å². The van der Waals surface area contributed by atoms with Crippen molar-refractivity contribution in [2.45, 2.75) is 18.8 Å². The van der Waals surface area contributed by atoms with Crippen LogP contribution in [0.15, 0.2) is 47.4 Å². The summed E-state index contributed by atoms with van der Waals surface area (Å²) in [7, 11) is 3.86. The normalized spacial score (nSPS) is 12.9. The summed E-state index contributed by atoms with van der Waals surface area (Å²) in [6, 6.07) is 10.0. The van der Waals surface area contributed by atoms with Crippen molar-refractivity contribution < 1.29 is 22.9 Å². The van der Waals surface area contributed by atoms with Gasteiger partial charge in [0.1, 0.15) is 17.6 Å². The van der Waals surface area contributed by atoms with Gasteiger partial charge in [-0.2, -0.15) is 13.2 Å². The van der Waals surface area contributed by atoms with E-state index in [4.69, 9.17) is 11.6 Å². The highest BCUT2D eigenvalue weighted by molar-refractivity contribution is 6.30. The minimum atomic E-state index is -4.66. The number of halogens is 4. The van der Waals surface area contributed by atoms with Gasteiger partial charge >= 0.3 is 6.18 Å². The molecule has 1 amide bonds. The van der Waals surface area contributed by atoms with Crippen molar-refractivity contribution in [3.63, 3.8) is 0 Å². The molecule has 0 bridgehead atoms. The van der Waals surface area contributed by atoms with E-state index in [9.17, 15) is 22.8 Å². The van der Waals surface area contributed by atoms with Crippen LogP contribution in [0, 0.1) is 0 Å². The van der Waals surface area contributed by atoms with Crippen molar-refractivity contribution in [3.05, 3.63) is 69.1 Å². The van der Waals surface area contributed by atoms with E-state index in [-0.39, 0.29) is 12.6 Å². The maximum Gasteiger partial charge on any atom is 0.417 e. The topological polar surface area (TPSA) is 55.5 Å². The summed E-state index contributed by atoms with van der Waals surface area (Å²) in [4.78, 5) is 25.2. The number of benzene rings is 1. The molecule has 0 spiro atoms. The van der Waals surface area contributed by atoms with E-state index in [0.29, 0.717) is 16.8 Å². The number of hydrogen-bond donors (Lipinski definition) is 2. The molecule has 27 heavy (non-hydrogen) atoms. The molecule has 9 heteroatoms. The molecule has 1 atom stereocenters. The van der Waals surface area contributed by atoms with Gasteiger partial charge in [0.05, 0.1) is 26.2 Å². The Kier molecular flexibility index (Phi) is 6.67. The summed E-state index contributed by atoms with van der Waals surface area (Å²) >= 11 is 5.59. The van der Waals surface area contributed by atoms with E-state index in [1.54, 1.807) is 0 Å². The molecule has 2 aromatic rings. The van der Waals surface area contributed by atoms with Crippen molar-refractivity contribution in [2.24, 2.45) is 0 Å². The Bertz CT molecular complexity index is 851. The van der Waals surface area contributed by atoms with Gasteiger partial charge in [-0.05, 0) is 6.07 Å². The second kappa shape index (κ2) is 8.58. The van der Waals surface area contributed by atoms with Gasteiger partial charge in [-0.3, -0.25) is 9.59 Å². The molecule has 0 fully saturated rings. The van der Waals surface area contributed by atoms with Crippen molar-refractivity contribution >= 4 is 17.5 Å². The molecular formula is C18H20ClF3N3O2+. The number of carbonyl (C=O) groups excluding carboxylic acids is 1. The number of pyridine rings is 1. The van der Waals surface area contributed by atoms with Crippen LogP contribution in [0.5, 0.6) is 0 Å². The van der Waals surface area contributed by atoms with Crippen LogP contribution in [0.3, 0.4) is 0 Å². The summed E-state index contributed by atoms with van der Waals surface area (Å²) in [6.07, 6.45) is -4.07. The Morgan fingerprint density at radius 1 is 1.26 bits per heavy atom. The smallest absolute Gasteiger partial charge is 0.348 e. The maximum atomic E-state index is 12.9. The van der Waals surface area contributed by atoms with Crippen LogP contribution in [0.4, 0.5) is 13.2 Å². The van der Waals surface area contributed by atoms with Gasteiger partial charge in [0, 0.05) is 11.8 Å². The zero-order chi connectivity index (χ0) is 20.2. The zero-order valence-electron chi connectivity index (χ0n) is 14.8. The second-order valence-electron chi connectivity index (χ2n) is 6.35. The number of quaternary nitrogens is 1. The van der Waals surface area contributed by atoms with Crippen molar-refractivity contribution in [1.29, 1.82) is 0 Å². The Labute approximate surface area is 159 Å². The Morgan fingerprint density at radius 3 is 2.44 bits per heavy atom. The lowest BCUT2D eigenvalue weighted by Gasteiger charge is -2.22. The highest BCUT2D eigenvalue weighted by atomic mass is 35.5. The quantitative estimate of drug-likeness (QED) is 0.770. The first-order valence-electron chi connectivity index (χ1n) is 8.18. The standard InChI is InChI=1S/C18H19ClF3N3O2/c1-24(2)15(12-6-4-3-5-7-12)9-23-16(26)11-25-10-13(18(20,21)22)8-14(19)17(25)27/h3-8,10,15H,9,11H2,1-2H3,(H,23,26)/p+1/t15-/m0/s1. The lowest BCUT2D eigenvalue weighted by Crippen LogP contribution is -3.07. The van der Waals surface area contributed by atoms with Gasteiger partial charge in [-0.15, -0.1) is 0 Å². The van der Waals surface area contributed by atoms with E-state index in [1.165, 1.54) is 0 Å². The molecule has 1 heterocycles. The van der Waals surface area contributed by atoms with E-state index < -0.39 is 34.8 Å². The highest BCUT2D eigenvalue weighted by Gasteiger charge is 2.32. The van der Waals surface area contributed by atoms with Crippen molar-refractivity contribution in [1.82, 2.24) is 9.88 Å². The molecular weight excluding hydrogens is 383 g/mol. The van der Waals surface area contributed by atoms with Gasteiger partial charge in [-0.25, -0.2) is 0 Å². The van der Waals surface area contributed by atoms with Crippen LogP contribution >= 0.6 is 11.6 Å². The number of amides is 1. The fourth-order valence-electron chi connectivity index (χ4n) is 2.64. The molecule has 5 nitrogen and oxygen atoms in total. The van der Waals surface area contributed by atoms with Crippen LogP contribution in [0.2, 0.25) is 5.02 Å². The SMILES string of the molecule is C[NH+](C)[C@@H](CNC(=O)Cn1cc(C(F)(F)F)cc(Cl)c1=O)c1ccccc1. The molecule has 2 N–H and O–H groups in total. The number of nitrogens with one attached hydrogen (secondary N) is 2. The number of likely N-dealkylation sites (N-methyl/N-ethyl adjacent to an activating group) is 1. The zero-order valence-corrected chi connectivity index (χ0v) is 15.6. The highest BCUT2D eigenvalue weighted by Crippen LogP contribution is 2.29. The van der Waals surface area contributed by atoms with Gasteiger partial charge in [0.25, 0.3) is 5.56 Å². The van der Waals surface area contributed by atoms with Crippen LogP contribution in [-0.4, -0.2) is 31.1 Å². The third kappa shape index (κ3) is 5.58. The monoisotopic (exact) mass is 402 g/mol. The molecule has 146 valence electrons. The Hall–Kier alpha value is -2.32. The summed E-state index contributed by atoms with van der Waals surface area (Å²) in [6.45, 7) is -0.278. The minimum Gasteiger partial charge on any atom is -0.348 e. The predicted molar refractivity (Wildman–Crippen MR) is 95.7 cm³/mol. The summed E-state index contributed by atoms with van der Waals surface area (Å²) in [5, 5.41) is 2.09. The number of nitrogens with zero attached hydrogens (tertiary/aromatic N) is 1. The maximum absolute atomic E-state index is 12.9. The van der Waals surface area contributed by atoms with Gasteiger partial charge in [0.15, 0.2) is 0 Å². The first-order chi connectivity index (χ1) is 12.6. The molecule has 0 aliphatic rings. The van der Waals surface area contributed by atoms with Crippen molar-refractivity contribution in [2.75, 3.05) is 20.6 Å². The average molecular weight is 403 g/mol. The molecule has 0 aliphatic carbocycles. The average Bonchev–Trinajstić information content (AvgIpc) is 2.58. The second-order valence-corrected chi connectivity index (χ2v) is 6.76. The largest absolute Gasteiger partial charge is 0.417 e. The molecule has 2 rings (SSSR count). The van der Waals surface area contributed by atoms with Crippen molar-refractivity contribution in [3.8, 4) is 0 Å². The number of aromatic nitrogens is 1. The van der Waals surface area contributed by atoms with Gasteiger partial charge in [-0.1, -0.05) is 41.9 Å². The predicted octanol–water partition coefficient (Wildman–Crippen LogP) is 1.52. The Balaban J connectivity index is 2.11. The lowest BCUT2D eigenvalue weighted by atomic mass is 10.1. The Morgan fingerprint density at radius 2 is 1.89 bits per heavy atom. The van der Waals surface area contributed by atoms with Gasteiger partial charge in [0.2, 0.25) is 5.91 Å². The van der Waals surface area contributed by atoms with E-state index >= 15 is 0 Å². The third-order valence-corrected chi connectivity index (χ3v) is 4.36. The molecule has 1 aromatic carbocycles. The summed E-state index contributed by atoms with van der Waals surface area (Å²) in [5.41, 5.74) is -0.922. The summed E-state index contributed by atoms with van der Waals surface area (Å²) < 4.78 is 39.3. The molecule has 0 unspecified atom stereocenters. The third-order valence-electron chi connectivity index (χ3n) is 4.09. The van der Waals surface area contributed by atoms with E-state index in [1.807, 2.05) is 44.4 Å². The number of hydrogen-bond acceptors (Lipinski definition) is 2. The number of carbonyl (C=O) groups is 1. The molecule has 0 radical (unpaired) electrons. The fraction of sp³-hybridized carbons (Fsp3) is 0.333. The van der Waals surface area contributed by atoms with E-state index in [2.05, 4.69) is 5.32 Å². The fourth-order valence-corrected chi connectivity index (χ4v) is 2.86. The van der Waals surface area contributed by atoms with Crippen LogP contribution < -0.4 is 15.8 Å². The first-order valence-corrected chi connectivity index (χ1v) is 8.56. The first kappa shape index (κ1) is 21.0. The molecule has 1 aromatic heterocycles. The van der Waals surface area contributed by atoms with E-state index in [0.717, 1.165) is 10.5 Å². The number of rotatable bonds is 6. The summed E-state index contributed by atoms with van der Waals surface area (Å²) in [5.74, 6) is -0.574. The van der Waals surface area contributed by atoms with Gasteiger partial charge < -0.3 is 14.8 Å². The molecule has 0 saturated heterocycles.